The van der Waals surface area contributed by atoms with Gasteiger partial charge in [0.15, 0.2) is 0 Å². The largest absolute Gasteiger partial charge is 0.492 e. The number of benzene rings is 8. The van der Waals surface area contributed by atoms with Gasteiger partial charge >= 0.3 is 0 Å². The van der Waals surface area contributed by atoms with Crippen molar-refractivity contribution in [1.29, 1.82) is 0 Å². The molecule has 0 radical (unpaired) electrons. The summed E-state index contributed by atoms with van der Waals surface area (Å²) in [5.41, 5.74) is 12.3. The third-order valence-corrected chi connectivity index (χ3v) is 17.1. The molecular formula is C88H98O4. The molecule has 0 spiro atoms. The van der Waals surface area contributed by atoms with E-state index in [1.54, 1.807) is 0 Å². The number of allylic oxidation sites excluding steroid dienone is 8. The fraction of sp³-hybridized carbons (Fsp3) is 0.364. The molecule has 0 saturated carbocycles. The summed E-state index contributed by atoms with van der Waals surface area (Å²) < 4.78 is 26.2. The summed E-state index contributed by atoms with van der Waals surface area (Å²) in [5, 5.41) is 6.21. The van der Waals surface area contributed by atoms with Gasteiger partial charge in [-0.3, -0.25) is 0 Å². The van der Waals surface area contributed by atoms with E-state index in [0.717, 1.165) is 177 Å². The highest BCUT2D eigenvalue weighted by Crippen LogP contribution is 2.41. The minimum absolute atomic E-state index is 0.538. The van der Waals surface area contributed by atoms with Crippen LogP contribution in [0.1, 0.15) is 205 Å². The Kier molecular flexibility index (Phi) is 26.8. The number of hydrogen-bond acceptors (Lipinski definition) is 4. The van der Waals surface area contributed by atoms with Gasteiger partial charge in [0.05, 0.1) is 48.7 Å². The van der Waals surface area contributed by atoms with Gasteiger partial charge in [-0.1, -0.05) is 194 Å². The van der Waals surface area contributed by atoms with Crippen LogP contribution in [0.5, 0.6) is 23.0 Å². The van der Waals surface area contributed by atoms with Crippen LogP contribution in [0.2, 0.25) is 0 Å². The highest BCUT2D eigenvalue weighted by atomic mass is 16.5. The molecule has 0 aliphatic carbocycles. The second-order valence-electron chi connectivity index (χ2n) is 26.4. The van der Waals surface area contributed by atoms with Gasteiger partial charge in [-0.15, -0.1) is 0 Å². The van der Waals surface area contributed by atoms with Crippen molar-refractivity contribution in [2.24, 2.45) is 23.7 Å². The molecule has 474 valence electrons. The summed E-state index contributed by atoms with van der Waals surface area (Å²) in [5.74, 6) is 34.5. The molecular weight excluding hydrogens is 1120 g/mol. The van der Waals surface area contributed by atoms with E-state index >= 15 is 0 Å². The Balaban J connectivity index is 1.26. The molecule has 0 fully saturated rings. The monoisotopic (exact) mass is 1220 g/mol. The first-order valence-electron chi connectivity index (χ1n) is 33.9. The normalized spacial score (nSPS) is 12.1. The smallest absolute Gasteiger partial charge is 0.134 e. The van der Waals surface area contributed by atoms with Crippen LogP contribution in [-0.2, 0) is 0 Å². The van der Waals surface area contributed by atoms with Gasteiger partial charge < -0.3 is 18.9 Å². The standard InChI is InChI=1S/C88H98O4/c1-63(2)25-21-29-67(9)53-57-89-83-37-17-13-33-71(83)41-45-75-61-76(46-42-72-34-14-18-38-84(72)90-58-54-68(10)30-22-26-64(3)4)80-51-52-82-78(48-44-74-36-16-20-40-86(74)92-60-56-70(12)32-24-28-66(7)8)62-77(81-50-49-79(75)87(80)88(81)82)47-43-73-35-15-19-39-85(73)91-59-55-69(11)31-23-27-65(5)6/h13-20,25-28,33-40,49-52,61-62,67-70H,21-24,29-32,53-60H2,1-12H3/t67-,68-,69-,70-/m0/s1. The van der Waals surface area contributed by atoms with Crippen molar-refractivity contribution in [2.45, 2.75) is 160 Å². The Bertz CT molecular complexity index is 3610. The highest BCUT2D eigenvalue weighted by Gasteiger charge is 2.19. The molecule has 8 aromatic carbocycles. The number of para-hydroxylation sites is 4. The third kappa shape index (κ3) is 21.1. The van der Waals surface area contributed by atoms with E-state index in [9.17, 15) is 0 Å². The van der Waals surface area contributed by atoms with Gasteiger partial charge in [0.25, 0.3) is 0 Å². The summed E-state index contributed by atoms with van der Waals surface area (Å²) >= 11 is 0. The molecule has 4 heteroatoms. The molecule has 0 aliphatic heterocycles. The van der Waals surface area contributed by atoms with Gasteiger partial charge in [-0.25, -0.2) is 0 Å². The lowest BCUT2D eigenvalue weighted by Crippen LogP contribution is -2.05. The molecule has 0 amide bonds. The molecule has 0 aromatic heterocycles. The van der Waals surface area contributed by atoms with E-state index in [1.165, 1.54) is 22.3 Å². The lowest BCUT2D eigenvalue weighted by atomic mass is 9.86. The van der Waals surface area contributed by atoms with Crippen LogP contribution in [0.25, 0.3) is 32.3 Å². The SMILES string of the molecule is CC(C)=CCC[C@H](C)CCOc1ccccc1C#Cc1cc(C#Cc2ccccc2OCC[C@@H](C)CCC=C(C)C)c2ccc3c(C#Cc4ccccc4OCC[C@@H](C)CCC=C(C)C)cc(C#Cc4ccccc4OCC[C@@H](C)CCC=C(C)C)c4ccc1c2c43. The average molecular weight is 1220 g/mol. The quantitative estimate of drug-likeness (QED) is 0.0278. The molecule has 4 nitrogen and oxygen atoms in total. The summed E-state index contributed by atoms with van der Waals surface area (Å²) in [6.07, 6.45) is 22.0. The summed E-state index contributed by atoms with van der Waals surface area (Å²) in [6.45, 7) is 29.0. The Hall–Kier alpha value is -8.80. The molecule has 0 aliphatic rings. The second-order valence-corrected chi connectivity index (χ2v) is 26.4. The van der Waals surface area contributed by atoms with Crippen molar-refractivity contribution in [3.8, 4) is 70.4 Å². The number of ether oxygens (including phenoxy) is 4. The van der Waals surface area contributed by atoms with Gasteiger partial charge in [0, 0.05) is 22.3 Å². The van der Waals surface area contributed by atoms with Crippen LogP contribution < -0.4 is 18.9 Å². The molecule has 8 aromatic rings. The maximum atomic E-state index is 6.54. The minimum atomic E-state index is 0.538. The Labute approximate surface area is 553 Å². The molecule has 8 rings (SSSR count). The van der Waals surface area contributed by atoms with Crippen LogP contribution >= 0.6 is 0 Å². The third-order valence-electron chi connectivity index (χ3n) is 17.1. The molecule has 92 heavy (non-hydrogen) atoms. The van der Waals surface area contributed by atoms with Crippen molar-refractivity contribution in [3.05, 3.63) is 225 Å². The lowest BCUT2D eigenvalue weighted by Gasteiger charge is -2.16. The van der Waals surface area contributed by atoms with Crippen molar-refractivity contribution in [1.82, 2.24) is 0 Å². The van der Waals surface area contributed by atoms with E-state index in [4.69, 9.17) is 18.9 Å². The topological polar surface area (TPSA) is 36.9 Å². The Morgan fingerprint density at radius 2 is 0.489 bits per heavy atom. The molecule has 0 saturated heterocycles. The Morgan fingerprint density at radius 1 is 0.283 bits per heavy atom. The molecule has 4 atom stereocenters. The zero-order valence-electron chi connectivity index (χ0n) is 57.3. The van der Waals surface area contributed by atoms with Gasteiger partial charge in [0.2, 0.25) is 0 Å². The fourth-order valence-corrected chi connectivity index (χ4v) is 11.4. The first kappa shape index (κ1) is 69.1. The van der Waals surface area contributed by atoms with E-state index in [0.29, 0.717) is 50.1 Å². The average Bonchev–Trinajstić information content (AvgIpc) is 0.742. The van der Waals surface area contributed by atoms with Crippen LogP contribution in [0, 0.1) is 71.0 Å². The van der Waals surface area contributed by atoms with Gasteiger partial charge in [-0.2, -0.15) is 0 Å². The van der Waals surface area contributed by atoms with Crippen LogP contribution in [0.15, 0.2) is 180 Å². The zero-order valence-corrected chi connectivity index (χ0v) is 57.3. The summed E-state index contributed by atoms with van der Waals surface area (Å²) in [6, 6.07) is 45.8. The molecule has 0 heterocycles. The maximum absolute atomic E-state index is 6.54. The van der Waals surface area contributed by atoms with Crippen molar-refractivity contribution < 1.29 is 18.9 Å². The van der Waals surface area contributed by atoms with Crippen molar-refractivity contribution >= 4 is 32.3 Å². The first-order valence-corrected chi connectivity index (χ1v) is 33.9. The van der Waals surface area contributed by atoms with Gasteiger partial charge in [-0.05, 0) is 249 Å². The maximum Gasteiger partial charge on any atom is 0.134 e. The zero-order chi connectivity index (χ0) is 65.2. The lowest BCUT2D eigenvalue weighted by molar-refractivity contribution is 0.279. The van der Waals surface area contributed by atoms with Crippen molar-refractivity contribution in [2.75, 3.05) is 26.4 Å². The predicted molar refractivity (Wildman–Crippen MR) is 392 cm³/mol. The van der Waals surface area contributed by atoms with E-state index in [2.05, 4.69) is 215 Å². The predicted octanol–water partition coefficient (Wildman–Crippen LogP) is 22.8. The highest BCUT2D eigenvalue weighted by molar-refractivity contribution is 6.26. The van der Waals surface area contributed by atoms with E-state index < -0.39 is 0 Å². The fourth-order valence-electron chi connectivity index (χ4n) is 11.4. The van der Waals surface area contributed by atoms with Crippen LogP contribution in [-0.4, -0.2) is 26.4 Å². The minimum Gasteiger partial charge on any atom is -0.492 e. The number of rotatable bonds is 28. The van der Waals surface area contributed by atoms with E-state index in [1.807, 2.05) is 72.8 Å². The van der Waals surface area contributed by atoms with Crippen LogP contribution in [0.4, 0.5) is 0 Å². The first-order chi connectivity index (χ1) is 44.6. The molecule has 0 N–H and O–H groups in total. The van der Waals surface area contributed by atoms with Gasteiger partial charge in [0.1, 0.15) is 23.0 Å². The molecule has 0 unspecified atom stereocenters. The summed E-state index contributed by atoms with van der Waals surface area (Å²) in [7, 11) is 0. The molecule has 0 bridgehead atoms. The Morgan fingerprint density at radius 3 is 0.707 bits per heavy atom. The van der Waals surface area contributed by atoms with Crippen LogP contribution in [0.3, 0.4) is 0 Å². The number of hydrogen-bond donors (Lipinski definition) is 0. The summed E-state index contributed by atoms with van der Waals surface area (Å²) in [4.78, 5) is 0. The van der Waals surface area contributed by atoms with Crippen molar-refractivity contribution in [3.63, 3.8) is 0 Å². The van der Waals surface area contributed by atoms with E-state index in [-0.39, 0.29) is 0 Å². The second kappa shape index (κ2) is 35.7.